The van der Waals surface area contributed by atoms with Crippen molar-refractivity contribution in [1.82, 2.24) is 14.9 Å². The first-order valence-electron chi connectivity index (χ1n) is 3.67. The lowest BCUT2D eigenvalue weighted by atomic mass is 10.2. The number of H-pyrrole nitrogens is 1. The van der Waals surface area contributed by atoms with E-state index in [0.717, 1.165) is 25.1 Å². The fourth-order valence-corrected chi connectivity index (χ4v) is 0.993. The molecule has 0 saturated heterocycles. The van der Waals surface area contributed by atoms with Gasteiger partial charge in [0.15, 0.2) is 0 Å². The van der Waals surface area contributed by atoms with Gasteiger partial charge >= 0.3 is 0 Å². The maximum absolute atomic E-state index is 5.41. The number of aryl methyl sites for hydroxylation is 1. The zero-order chi connectivity index (χ0) is 8.27. The van der Waals surface area contributed by atoms with Crippen LogP contribution in [0.3, 0.4) is 0 Å². The lowest BCUT2D eigenvalue weighted by molar-refractivity contribution is 0.731. The van der Waals surface area contributed by atoms with Crippen molar-refractivity contribution < 1.29 is 0 Å². The van der Waals surface area contributed by atoms with Crippen LogP contribution in [0.4, 0.5) is 0 Å². The van der Waals surface area contributed by atoms with Gasteiger partial charge in [0.2, 0.25) is 4.77 Å². The van der Waals surface area contributed by atoms with Gasteiger partial charge in [0.1, 0.15) is 5.82 Å². The second-order valence-corrected chi connectivity index (χ2v) is 2.79. The molecule has 1 aromatic heterocycles. The normalized spacial score (nSPS) is 10.3. The standard InChI is InChI=1S/C6H12N4S/c1-2-3-4-5-8-6(11)10(7)9-5/h2-4,7H2,1H3,(H,8,9,11). The van der Waals surface area contributed by atoms with Gasteiger partial charge < -0.3 is 5.84 Å². The minimum Gasteiger partial charge on any atom is -0.322 e. The fourth-order valence-electron chi connectivity index (χ4n) is 0.837. The summed E-state index contributed by atoms with van der Waals surface area (Å²) >= 11 is 4.82. The van der Waals surface area contributed by atoms with Crippen LogP contribution in [-0.4, -0.2) is 14.9 Å². The van der Waals surface area contributed by atoms with Crippen molar-refractivity contribution in [3.05, 3.63) is 10.6 Å². The third kappa shape index (κ3) is 2.04. The quantitative estimate of drug-likeness (QED) is 0.528. The molecule has 3 N–H and O–H groups in total. The number of hydrogen-bond donors (Lipinski definition) is 2. The molecule has 4 nitrogen and oxygen atoms in total. The molecule has 1 rings (SSSR count). The summed E-state index contributed by atoms with van der Waals surface area (Å²) in [5.41, 5.74) is 0. The van der Waals surface area contributed by atoms with Crippen molar-refractivity contribution in [2.45, 2.75) is 26.2 Å². The molecule has 5 heteroatoms. The van der Waals surface area contributed by atoms with E-state index in [1.807, 2.05) is 0 Å². The van der Waals surface area contributed by atoms with E-state index in [1.54, 1.807) is 0 Å². The van der Waals surface area contributed by atoms with Gasteiger partial charge in [-0.25, -0.2) is 4.98 Å². The number of nitrogens with two attached hydrogens (primary N) is 1. The number of unbranched alkanes of at least 4 members (excludes halogenated alkanes) is 1. The molecular formula is C6H12N4S. The monoisotopic (exact) mass is 172 g/mol. The SMILES string of the molecule is CCCCc1nc(=S)n(N)[nH]1. The number of nitrogens with zero attached hydrogens (tertiary/aromatic N) is 2. The summed E-state index contributed by atoms with van der Waals surface area (Å²) in [6.07, 6.45) is 3.19. The molecule has 0 fully saturated rings. The average molecular weight is 172 g/mol. The first kappa shape index (κ1) is 8.26. The van der Waals surface area contributed by atoms with Gasteiger partial charge in [0.05, 0.1) is 0 Å². The predicted molar refractivity (Wildman–Crippen MR) is 46.2 cm³/mol. The number of rotatable bonds is 3. The first-order chi connectivity index (χ1) is 5.24. The van der Waals surface area contributed by atoms with Crippen LogP contribution in [0, 0.1) is 4.77 Å². The number of aromatic nitrogens is 3. The van der Waals surface area contributed by atoms with Crippen molar-refractivity contribution >= 4 is 12.2 Å². The molecule has 0 bridgehead atoms. The number of hydrogen-bond acceptors (Lipinski definition) is 3. The van der Waals surface area contributed by atoms with Crippen LogP contribution < -0.4 is 5.84 Å². The second kappa shape index (κ2) is 3.52. The van der Waals surface area contributed by atoms with Crippen molar-refractivity contribution in [3.63, 3.8) is 0 Å². The summed E-state index contributed by atoms with van der Waals surface area (Å²) in [6, 6.07) is 0. The van der Waals surface area contributed by atoms with Gasteiger partial charge in [0.25, 0.3) is 0 Å². The smallest absolute Gasteiger partial charge is 0.236 e. The molecule has 0 spiro atoms. The minimum atomic E-state index is 0.413. The molecule has 62 valence electrons. The topological polar surface area (TPSA) is 59.6 Å². The largest absolute Gasteiger partial charge is 0.322 e. The molecule has 1 aromatic rings. The zero-order valence-corrected chi connectivity index (χ0v) is 7.32. The Kier molecular flexibility index (Phi) is 2.64. The minimum absolute atomic E-state index is 0.413. The van der Waals surface area contributed by atoms with Crippen molar-refractivity contribution in [2.24, 2.45) is 0 Å². The van der Waals surface area contributed by atoms with E-state index in [9.17, 15) is 0 Å². The van der Waals surface area contributed by atoms with E-state index < -0.39 is 0 Å². The molecule has 0 radical (unpaired) electrons. The third-order valence-electron chi connectivity index (χ3n) is 1.45. The van der Waals surface area contributed by atoms with Gasteiger partial charge in [-0.05, 0) is 18.6 Å². The summed E-state index contributed by atoms with van der Waals surface area (Å²) in [6.45, 7) is 2.13. The lowest BCUT2D eigenvalue weighted by Gasteiger charge is -1.91. The summed E-state index contributed by atoms with van der Waals surface area (Å²) in [5, 5.41) is 2.86. The maximum Gasteiger partial charge on any atom is 0.236 e. The Morgan fingerprint density at radius 1 is 1.73 bits per heavy atom. The van der Waals surface area contributed by atoms with E-state index in [0.29, 0.717) is 4.77 Å². The molecule has 0 atom stereocenters. The Hall–Kier alpha value is -0.840. The van der Waals surface area contributed by atoms with Crippen LogP contribution >= 0.6 is 12.2 Å². The van der Waals surface area contributed by atoms with E-state index in [4.69, 9.17) is 18.1 Å². The van der Waals surface area contributed by atoms with Gasteiger partial charge in [-0.1, -0.05) is 13.3 Å². The number of nitrogens with one attached hydrogen (secondary N) is 1. The molecule has 11 heavy (non-hydrogen) atoms. The van der Waals surface area contributed by atoms with E-state index in [-0.39, 0.29) is 0 Å². The Labute approximate surface area is 70.4 Å². The van der Waals surface area contributed by atoms with Crippen LogP contribution in [0.2, 0.25) is 0 Å². The first-order valence-corrected chi connectivity index (χ1v) is 4.08. The molecular weight excluding hydrogens is 160 g/mol. The Morgan fingerprint density at radius 2 is 2.45 bits per heavy atom. The van der Waals surface area contributed by atoms with Gasteiger partial charge in [0, 0.05) is 6.42 Å². The molecule has 0 amide bonds. The third-order valence-corrected chi connectivity index (χ3v) is 1.74. The van der Waals surface area contributed by atoms with E-state index >= 15 is 0 Å². The highest BCUT2D eigenvalue weighted by Gasteiger charge is 1.97. The zero-order valence-electron chi connectivity index (χ0n) is 6.50. The van der Waals surface area contributed by atoms with Crippen molar-refractivity contribution in [1.29, 1.82) is 0 Å². The van der Waals surface area contributed by atoms with Crippen LogP contribution in [0.15, 0.2) is 0 Å². The molecule has 0 aliphatic rings. The van der Waals surface area contributed by atoms with Gasteiger partial charge in [-0.3, -0.25) is 5.10 Å². The highest BCUT2D eigenvalue weighted by atomic mass is 32.1. The summed E-state index contributed by atoms with van der Waals surface area (Å²) in [5.74, 6) is 6.28. The van der Waals surface area contributed by atoms with Crippen molar-refractivity contribution in [3.8, 4) is 0 Å². The lowest BCUT2D eigenvalue weighted by Crippen LogP contribution is -2.10. The molecule has 0 aliphatic carbocycles. The molecule has 0 saturated carbocycles. The maximum atomic E-state index is 5.41. The number of aromatic amines is 1. The summed E-state index contributed by atoms with van der Waals surface area (Å²) < 4.78 is 0.413. The van der Waals surface area contributed by atoms with Gasteiger partial charge in [-0.15, -0.1) is 0 Å². The van der Waals surface area contributed by atoms with Crippen LogP contribution in [0.25, 0.3) is 0 Å². The summed E-state index contributed by atoms with van der Waals surface area (Å²) in [4.78, 5) is 5.31. The number of nitrogen functional groups attached to an aromatic ring is 1. The second-order valence-electron chi connectivity index (χ2n) is 2.43. The molecule has 1 heterocycles. The Balaban J connectivity index is 2.65. The average Bonchev–Trinajstić information content (AvgIpc) is 2.28. The fraction of sp³-hybridized carbons (Fsp3) is 0.667. The van der Waals surface area contributed by atoms with Gasteiger partial charge in [-0.2, -0.15) is 4.79 Å². The highest BCUT2D eigenvalue weighted by molar-refractivity contribution is 7.71. The van der Waals surface area contributed by atoms with Crippen LogP contribution in [-0.2, 0) is 6.42 Å². The highest BCUT2D eigenvalue weighted by Crippen LogP contribution is 1.97. The molecule has 0 aliphatic heterocycles. The molecule has 0 aromatic carbocycles. The van der Waals surface area contributed by atoms with Crippen LogP contribution in [0.5, 0.6) is 0 Å². The van der Waals surface area contributed by atoms with E-state index in [1.165, 1.54) is 4.79 Å². The predicted octanol–water partition coefficient (Wildman–Crippen LogP) is 0.997. The van der Waals surface area contributed by atoms with E-state index in [2.05, 4.69) is 17.0 Å². The Morgan fingerprint density at radius 3 is 2.91 bits per heavy atom. The molecule has 0 unspecified atom stereocenters. The Bertz CT molecular complexity index is 274. The summed E-state index contributed by atoms with van der Waals surface area (Å²) in [7, 11) is 0. The van der Waals surface area contributed by atoms with Crippen LogP contribution in [0.1, 0.15) is 25.6 Å². The van der Waals surface area contributed by atoms with Crippen molar-refractivity contribution in [2.75, 3.05) is 5.84 Å².